The molecule has 0 amide bonds. The van der Waals surface area contributed by atoms with Gasteiger partial charge in [0.25, 0.3) is 0 Å². The number of fused-ring (bicyclic) bond motifs is 1. The summed E-state index contributed by atoms with van der Waals surface area (Å²) in [5.74, 6) is -2.62. The zero-order chi connectivity index (χ0) is 29.7. The largest absolute Gasteiger partial charge is 0.478 e. The molecule has 10 nitrogen and oxygen atoms in total. The summed E-state index contributed by atoms with van der Waals surface area (Å²) < 4.78 is 36.3. The summed E-state index contributed by atoms with van der Waals surface area (Å²) in [4.78, 5) is 26.2. The number of halogens is 2. The quantitative estimate of drug-likeness (QED) is 0.165. The molecule has 1 aliphatic heterocycles. The number of piperidine rings is 1. The first-order chi connectivity index (χ1) is 19.2. The zero-order valence-corrected chi connectivity index (χ0v) is 21.7. The molecule has 1 aromatic carbocycles. The SMILES string of the molecule is [B]C([B])(O)Oc1cc(F)c(-c2cc(C([B])([B])c3cnc4c(N)nccn34)c(N3CCCC(N)(C=O)C3)cn2)cc1F. The number of pyridine rings is 1. The van der Waals surface area contributed by atoms with Crippen molar-refractivity contribution < 1.29 is 23.4 Å². The Hall–Kier alpha value is -3.90. The average molecular weight is 549 g/mol. The molecule has 5 N–H and O–H groups in total. The van der Waals surface area contributed by atoms with E-state index in [-0.39, 0.29) is 29.2 Å². The van der Waals surface area contributed by atoms with Crippen LogP contribution < -0.4 is 21.1 Å². The summed E-state index contributed by atoms with van der Waals surface area (Å²) in [6.45, 7) is 0.637. The summed E-state index contributed by atoms with van der Waals surface area (Å²) in [6, 6.07) is 2.88. The van der Waals surface area contributed by atoms with Crippen molar-refractivity contribution in [1.82, 2.24) is 19.4 Å². The number of benzene rings is 1. The Labute approximate surface area is 239 Å². The third kappa shape index (κ3) is 5.41. The van der Waals surface area contributed by atoms with Gasteiger partial charge in [-0.2, -0.15) is 0 Å². The highest BCUT2D eigenvalue weighted by Gasteiger charge is 2.36. The first-order valence-electron chi connectivity index (χ1n) is 12.4. The first kappa shape index (κ1) is 28.6. The number of imidazole rings is 1. The molecular weight excluding hydrogens is 528 g/mol. The topological polar surface area (TPSA) is 145 Å². The van der Waals surface area contributed by atoms with Crippen LogP contribution in [-0.2, 0) is 10.0 Å². The Morgan fingerprint density at radius 3 is 2.56 bits per heavy atom. The molecule has 1 atom stereocenters. The molecule has 8 radical (unpaired) electrons. The number of anilines is 2. The minimum atomic E-state index is -2.73. The lowest BCUT2D eigenvalue weighted by molar-refractivity contribution is -0.112. The number of aliphatic hydroxyl groups is 1. The van der Waals surface area contributed by atoms with Gasteiger partial charge in [0.1, 0.15) is 17.7 Å². The van der Waals surface area contributed by atoms with Crippen molar-refractivity contribution in [2.45, 2.75) is 29.2 Å². The standard InChI is InChI=1S/C25H21B4F2N7O3/c26-24(27,20-10-36-22-21(32)34-3-5-38(20)22)14-7-17(13-6-16(31)19(8-15(13)30)41-25(28,29)40)35-9-18(14)37-4-1-2-23(33,11-37)12-39/h3,5-10,12,40H,1-2,4,11,33H2,(H2,32,34). The fourth-order valence-electron chi connectivity index (χ4n) is 4.96. The Morgan fingerprint density at radius 2 is 1.85 bits per heavy atom. The van der Waals surface area contributed by atoms with Crippen LogP contribution in [0.25, 0.3) is 16.9 Å². The molecule has 1 aliphatic rings. The highest BCUT2D eigenvalue weighted by molar-refractivity contribution is 6.42. The van der Waals surface area contributed by atoms with Gasteiger partial charge in [0, 0.05) is 49.0 Å². The van der Waals surface area contributed by atoms with Crippen molar-refractivity contribution in [3.8, 4) is 17.0 Å². The van der Waals surface area contributed by atoms with E-state index >= 15 is 4.39 Å². The highest BCUT2D eigenvalue weighted by Crippen LogP contribution is 2.39. The van der Waals surface area contributed by atoms with Crippen molar-refractivity contribution in [2.24, 2.45) is 5.73 Å². The van der Waals surface area contributed by atoms with Gasteiger partial charge < -0.3 is 35.4 Å². The number of nitrogens with two attached hydrogens (primary N) is 2. The first-order valence-corrected chi connectivity index (χ1v) is 12.4. The fourth-order valence-corrected chi connectivity index (χ4v) is 4.96. The highest BCUT2D eigenvalue weighted by atomic mass is 19.1. The molecule has 5 rings (SSSR count). The molecule has 1 saturated heterocycles. The van der Waals surface area contributed by atoms with Crippen molar-refractivity contribution in [3.63, 3.8) is 0 Å². The van der Waals surface area contributed by atoms with Crippen LogP contribution in [0.3, 0.4) is 0 Å². The van der Waals surface area contributed by atoms with E-state index in [1.54, 1.807) is 10.6 Å². The van der Waals surface area contributed by atoms with E-state index in [2.05, 4.69) is 19.7 Å². The van der Waals surface area contributed by atoms with E-state index in [9.17, 15) is 14.3 Å². The van der Waals surface area contributed by atoms with Gasteiger partial charge in [0.2, 0.25) is 0 Å². The minimum Gasteiger partial charge on any atom is -0.478 e. The number of aromatic nitrogens is 4. The van der Waals surface area contributed by atoms with Gasteiger partial charge in [0.15, 0.2) is 38.7 Å². The second-order valence-corrected chi connectivity index (χ2v) is 10.1. The number of rotatable bonds is 7. The van der Waals surface area contributed by atoms with E-state index in [1.807, 2.05) is 4.90 Å². The van der Waals surface area contributed by atoms with Gasteiger partial charge in [0.05, 0.1) is 38.8 Å². The number of ether oxygens (including phenoxy) is 1. The number of nitrogen functional groups attached to an aromatic ring is 1. The third-order valence-corrected chi connectivity index (χ3v) is 6.91. The molecule has 4 heterocycles. The normalized spacial score (nSPS) is 18.0. The Morgan fingerprint density at radius 1 is 1.10 bits per heavy atom. The number of carbonyl (C=O) groups is 1. The van der Waals surface area contributed by atoms with Crippen molar-refractivity contribution in [1.29, 1.82) is 0 Å². The van der Waals surface area contributed by atoms with Gasteiger partial charge in [-0.15, -0.1) is 0 Å². The summed E-state index contributed by atoms with van der Waals surface area (Å²) >= 11 is 0. The molecular formula is C25H21B4F2N7O3. The number of hydrogen-bond donors (Lipinski definition) is 3. The maximum atomic E-state index is 15.2. The van der Waals surface area contributed by atoms with Crippen LogP contribution >= 0.6 is 0 Å². The van der Waals surface area contributed by atoms with E-state index in [1.165, 1.54) is 24.7 Å². The molecule has 1 unspecified atom stereocenters. The second-order valence-electron chi connectivity index (χ2n) is 10.1. The smallest absolute Gasteiger partial charge is 0.180 e. The van der Waals surface area contributed by atoms with Gasteiger partial charge in [-0.3, -0.25) is 4.98 Å². The van der Waals surface area contributed by atoms with Crippen LogP contribution in [0.1, 0.15) is 24.1 Å². The number of carbonyl (C=O) groups excluding carboxylic acids is 1. The molecule has 41 heavy (non-hydrogen) atoms. The molecule has 0 spiro atoms. The molecule has 3 aromatic heterocycles. The van der Waals surface area contributed by atoms with Crippen LogP contribution in [0.4, 0.5) is 20.3 Å². The maximum Gasteiger partial charge on any atom is 0.180 e. The van der Waals surface area contributed by atoms with Gasteiger partial charge in [-0.1, -0.05) is 0 Å². The zero-order valence-electron chi connectivity index (χ0n) is 21.7. The fraction of sp³-hybridized carbons (Fsp3) is 0.280. The Bertz CT molecular complexity index is 1650. The van der Waals surface area contributed by atoms with Crippen molar-refractivity contribution in [3.05, 3.63) is 65.9 Å². The summed E-state index contributed by atoms with van der Waals surface area (Å²) in [7, 11) is 23.9. The molecule has 4 aromatic rings. The Kier molecular flexibility index (Phi) is 7.11. The van der Waals surface area contributed by atoms with Gasteiger partial charge in [-0.05, 0) is 35.8 Å². The third-order valence-electron chi connectivity index (χ3n) is 6.91. The Balaban J connectivity index is 1.68. The molecule has 200 valence electrons. The predicted molar refractivity (Wildman–Crippen MR) is 151 cm³/mol. The molecule has 0 saturated carbocycles. The van der Waals surface area contributed by atoms with E-state index in [4.69, 9.17) is 42.9 Å². The summed E-state index contributed by atoms with van der Waals surface area (Å²) in [5.41, 5.74) is 9.34. The van der Waals surface area contributed by atoms with Crippen molar-refractivity contribution >= 4 is 54.8 Å². The summed E-state index contributed by atoms with van der Waals surface area (Å²) in [6.07, 6.45) is 7.62. The molecule has 0 bridgehead atoms. The van der Waals surface area contributed by atoms with Crippen LogP contribution in [-0.4, -0.2) is 86.3 Å². The monoisotopic (exact) mass is 549 g/mol. The van der Waals surface area contributed by atoms with E-state index < -0.39 is 33.7 Å². The van der Waals surface area contributed by atoms with Crippen LogP contribution in [0.15, 0.2) is 43.0 Å². The van der Waals surface area contributed by atoms with Crippen LogP contribution in [0.5, 0.6) is 5.75 Å². The summed E-state index contributed by atoms with van der Waals surface area (Å²) in [5, 5.41) is 7.64. The lowest BCUT2D eigenvalue weighted by Gasteiger charge is -2.41. The lowest BCUT2D eigenvalue weighted by atomic mass is 9.49. The van der Waals surface area contributed by atoms with Crippen LogP contribution in [0, 0.1) is 11.6 Å². The number of aldehydes is 1. The number of nitrogens with zero attached hydrogens (tertiary/aromatic N) is 5. The lowest BCUT2D eigenvalue weighted by Crippen LogP contribution is -2.56. The van der Waals surface area contributed by atoms with Gasteiger partial charge >= 0.3 is 0 Å². The molecule has 0 aliphatic carbocycles. The van der Waals surface area contributed by atoms with E-state index in [0.717, 1.165) is 6.07 Å². The van der Waals surface area contributed by atoms with Crippen LogP contribution in [0.2, 0.25) is 0 Å². The predicted octanol–water partition coefficient (Wildman–Crippen LogP) is 0.00580. The van der Waals surface area contributed by atoms with Crippen molar-refractivity contribution in [2.75, 3.05) is 23.7 Å². The number of hydrogen-bond acceptors (Lipinski definition) is 9. The molecule has 16 heteroatoms. The minimum absolute atomic E-state index is 0.0378. The van der Waals surface area contributed by atoms with Gasteiger partial charge in [-0.25, -0.2) is 18.7 Å². The van der Waals surface area contributed by atoms with E-state index in [0.29, 0.717) is 48.8 Å². The average Bonchev–Trinajstić information content (AvgIpc) is 3.36. The maximum absolute atomic E-state index is 15.2. The molecule has 1 fully saturated rings. The second kappa shape index (κ2) is 10.2.